The molecule has 2 unspecified atom stereocenters. The van der Waals surface area contributed by atoms with Gasteiger partial charge in [-0.1, -0.05) is 54.6 Å². The molecule has 1 saturated heterocycles. The van der Waals surface area contributed by atoms with Crippen molar-refractivity contribution in [3.05, 3.63) is 60.2 Å². The molecule has 0 spiro atoms. The minimum Gasteiger partial charge on any atom is -0.481 e. The summed E-state index contributed by atoms with van der Waals surface area (Å²) < 4.78 is 5.58. The van der Waals surface area contributed by atoms with E-state index in [0.29, 0.717) is 12.8 Å². The molecule has 3 rings (SSSR count). The van der Waals surface area contributed by atoms with Crippen molar-refractivity contribution in [1.29, 1.82) is 0 Å². The molecule has 3 nitrogen and oxygen atoms in total. The second-order valence-electron chi connectivity index (χ2n) is 6.17. The van der Waals surface area contributed by atoms with Crippen LogP contribution in [-0.2, 0) is 16.0 Å². The molecule has 0 amide bonds. The molecule has 120 valence electrons. The smallest absolute Gasteiger partial charge is 0.306 e. The van der Waals surface area contributed by atoms with Crippen molar-refractivity contribution < 1.29 is 14.6 Å². The number of carboxylic acid groups (broad SMARTS) is 1. The second-order valence-corrected chi connectivity index (χ2v) is 6.17. The quantitative estimate of drug-likeness (QED) is 0.871. The zero-order chi connectivity index (χ0) is 16.1. The first kappa shape index (κ1) is 15.8. The fourth-order valence-electron chi connectivity index (χ4n) is 3.17. The van der Waals surface area contributed by atoms with E-state index >= 15 is 0 Å². The lowest BCUT2D eigenvalue weighted by Crippen LogP contribution is -2.22. The lowest BCUT2D eigenvalue weighted by atomic mass is 9.92. The van der Waals surface area contributed by atoms with Gasteiger partial charge in [0.1, 0.15) is 0 Å². The van der Waals surface area contributed by atoms with E-state index in [-0.39, 0.29) is 12.0 Å². The van der Waals surface area contributed by atoms with Crippen LogP contribution in [0.2, 0.25) is 0 Å². The van der Waals surface area contributed by atoms with Gasteiger partial charge < -0.3 is 9.84 Å². The number of ether oxygens (including phenoxy) is 1. The van der Waals surface area contributed by atoms with Crippen LogP contribution in [0.3, 0.4) is 0 Å². The SMILES string of the molecule is O=C(O)C(Cc1ccc(-c2ccccc2)cc1)CC1CCCO1. The molecule has 0 bridgehead atoms. The highest BCUT2D eigenvalue weighted by atomic mass is 16.5. The first-order valence-electron chi connectivity index (χ1n) is 8.21. The molecule has 2 aromatic rings. The average molecular weight is 310 g/mol. The van der Waals surface area contributed by atoms with Crippen LogP contribution in [0.4, 0.5) is 0 Å². The molecule has 1 heterocycles. The molecule has 2 aromatic carbocycles. The van der Waals surface area contributed by atoms with Crippen molar-refractivity contribution in [1.82, 2.24) is 0 Å². The van der Waals surface area contributed by atoms with Crippen molar-refractivity contribution in [2.45, 2.75) is 31.8 Å². The predicted molar refractivity (Wildman–Crippen MR) is 90.3 cm³/mol. The summed E-state index contributed by atoms with van der Waals surface area (Å²) in [6.45, 7) is 0.767. The van der Waals surface area contributed by atoms with Gasteiger partial charge in [0.25, 0.3) is 0 Å². The Morgan fingerprint density at radius 3 is 2.39 bits per heavy atom. The van der Waals surface area contributed by atoms with Gasteiger partial charge >= 0.3 is 5.97 Å². The van der Waals surface area contributed by atoms with Gasteiger partial charge in [-0.05, 0) is 42.4 Å². The predicted octanol–water partition coefficient (Wildman–Crippen LogP) is 4.17. The Morgan fingerprint density at radius 1 is 1.09 bits per heavy atom. The molecule has 1 aliphatic heterocycles. The molecule has 1 aliphatic rings. The maximum absolute atomic E-state index is 11.5. The van der Waals surface area contributed by atoms with Gasteiger partial charge in [0, 0.05) is 6.61 Å². The second kappa shape index (κ2) is 7.42. The Labute approximate surface area is 136 Å². The lowest BCUT2D eigenvalue weighted by molar-refractivity contribution is -0.142. The number of aliphatic carboxylic acids is 1. The monoisotopic (exact) mass is 310 g/mol. The zero-order valence-electron chi connectivity index (χ0n) is 13.2. The van der Waals surface area contributed by atoms with Gasteiger partial charge in [0.15, 0.2) is 0 Å². The highest BCUT2D eigenvalue weighted by Gasteiger charge is 2.25. The molecule has 0 aromatic heterocycles. The van der Waals surface area contributed by atoms with E-state index in [9.17, 15) is 9.90 Å². The summed E-state index contributed by atoms with van der Waals surface area (Å²) in [5.41, 5.74) is 3.39. The highest BCUT2D eigenvalue weighted by molar-refractivity contribution is 5.70. The molecule has 1 N–H and O–H groups in total. The summed E-state index contributed by atoms with van der Waals surface area (Å²) in [7, 11) is 0. The number of hydrogen-bond acceptors (Lipinski definition) is 2. The van der Waals surface area contributed by atoms with E-state index in [1.807, 2.05) is 30.3 Å². The minimum atomic E-state index is -0.729. The summed E-state index contributed by atoms with van der Waals surface area (Å²) in [5, 5.41) is 9.47. The first-order chi connectivity index (χ1) is 11.2. The third-order valence-electron chi connectivity index (χ3n) is 4.46. The van der Waals surface area contributed by atoms with E-state index in [2.05, 4.69) is 24.3 Å². The van der Waals surface area contributed by atoms with E-state index in [1.54, 1.807) is 0 Å². The van der Waals surface area contributed by atoms with Gasteiger partial charge in [0.05, 0.1) is 12.0 Å². The van der Waals surface area contributed by atoms with Crippen LogP contribution in [-0.4, -0.2) is 23.8 Å². The fourth-order valence-corrected chi connectivity index (χ4v) is 3.17. The number of carboxylic acids is 1. The van der Waals surface area contributed by atoms with E-state index in [0.717, 1.165) is 30.6 Å². The summed E-state index contributed by atoms with van der Waals surface area (Å²) in [4.78, 5) is 11.5. The largest absolute Gasteiger partial charge is 0.481 e. The topological polar surface area (TPSA) is 46.5 Å². The van der Waals surface area contributed by atoms with Crippen LogP contribution in [0.5, 0.6) is 0 Å². The average Bonchev–Trinajstić information content (AvgIpc) is 3.09. The number of benzene rings is 2. The van der Waals surface area contributed by atoms with E-state index in [4.69, 9.17) is 4.74 Å². The molecular weight excluding hydrogens is 288 g/mol. The van der Waals surface area contributed by atoms with Crippen molar-refractivity contribution in [2.75, 3.05) is 6.61 Å². The third-order valence-corrected chi connectivity index (χ3v) is 4.46. The summed E-state index contributed by atoms with van der Waals surface area (Å²) in [5.74, 6) is -1.10. The van der Waals surface area contributed by atoms with Gasteiger partial charge in [-0.15, -0.1) is 0 Å². The Balaban J connectivity index is 1.67. The van der Waals surface area contributed by atoms with E-state index < -0.39 is 5.97 Å². The molecule has 2 atom stereocenters. The van der Waals surface area contributed by atoms with Crippen molar-refractivity contribution >= 4 is 5.97 Å². The van der Waals surface area contributed by atoms with Crippen molar-refractivity contribution in [3.8, 4) is 11.1 Å². The summed E-state index contributed by atoms with van der Waals surface area (Å²) in [6, 6.07) is 18.4. The molecule has 0 saturated carbocycles. The Hall–Kier alpha value is -2.13. The highest BCUT2D eigenvalue weighted by Crippen LogP contribution is 2.24. The van der Waals surface area contributed by atoms with Crippen LogP contribution in [0.25, 0.3) is 11.1 Å². The van der Waals surface area contributed by atoms with Crippen LogP contribution < -0.4 is 0 Å². The van der Waals surface area contributed by atoms with E-state index in [1.165, 1.54) is 5.56 Å². The molecule has 0 aliphatic carbocycles. The Bertz CT molecular complexity index is 628. The van der Waals surface area contributed by atoms with Gasteiger partial charge in [-0.3, -0.25) is 4.79 Å². The van der Waals surface area contributed by atoms with Crippen LogP contribution in [0, 0.1) is 5.92 Å². The number of carbonyl (C=O) groups is 1. The zero-order valence-corrected chi connectivity index (χ0v) is 13.2. The standard InChI is InChI=1S/C20H22O3/c21-20(22)18(14-19-7-4-12-23-19)13-15-8-10-17(11-9-15)16-5-2-1-3-6-16/h1-3,5-6,8-11,18-19H,4,7,12-14H2,(H,21,22). The lowest BCUT2D eigenvalue weighted by Gasteiger charge is -2.17. The molecule has 3 heteroatoms. The van der Waals surface area contributed by atoms with Gasteiger partial charge in [-0.2, -0.15) is 0 Å². The minimum absolute atomic E-state index is 0.111. The van der Waals surface area contributed by atoms with Crippen molar-refractivity contribution in [3.63, 3.8) is 0 Å². The van der Waals surface area contributed by atoms with Gasteiger partial charge in [0.2, 0.25) is 0 Å². The van der Waals surface area contributed by atoms with Crippen LogP contribution in [0.1, 0.15) is 24.8 Å². The fraction of sp³-hybridized carbons (Fsp3) is 0.350. The maximum Gasteiger partial charge on any atom is 0.306 e. The summed E-state index contributed by atoms with van der Waals surface area (Å²) in [6.07, 6.45) is 3.30. The third kappa shape index (κ3) is 4.20. The molecule has 1 fully saturated rings. The molecular formula is C20H22O3. The van der Waals surface area contributed by atoms with Crippen LogP contribution in [0.15, 0.2) is 54.6 Å². The Morgan fingerprint density at radius 2 is 1.78 bits per heavy atom. The normalized spacial score (nSPS) is 18.7. The van der Waals surface area contributed by atoms with Crippen LogP contribution >= 0.6 is 0 Å². The first-order valence-corrected chi connectivity index (χ1v) is 8.21. The molecule has 23 heavy (non-hydrogen) atoms. The summed E-state index contributed by atoms with van der Waals surface area (Å²) >= 11 is 0. The maximum atomic E-state index is 11.5. The van der Waals surface area contributed by atoms with Gasteiger partial charge in [-0.25, -0.2) is 0 Å². The number of rotatable bonds is 6. The number of hydrogen-bond donors (Lipinski definition) is 1. The van der Waals surface area contributed by atoms with Crippen molar-refractivity contribution in [2.24, 2.45) is 5.92 Å². The Kier molecular flexibility index (Phi) is 5.09. The molecule has 0 radical (unpaired) electrons.